The molecule has 0 saturated carbocycles. The normalized spacial score (nSPS) is 13.1. The summed E-state index contributed by atoms with van der Waals surface area (Å²) in [6, 6.07) is 1.69. The van der Waals surface area contributed by atoms with Gasteiger partial charge in [0.25, 0.3) is 0 Å². The summed E-state index contributed by atoms with van der Waals surface area (Å²) < 4.78 is 10.3. The summed E-state index contributed by atoms with van der Waals surface area (Å²) in [5.41, 5.74) is 4.73. The van der Waals surface area contributed by atoms with E-state index in [0.29, 0.717) is 0 Å². The van der Waals surface area contributed by atoms with E-state index in [0.717, 1.165) is 11.1 Å². The van der Waals surface area contributed by atoms with Crippen LogP contribution in [-0.2, 0) is 9.47 Å². The van der Waals surface area contributed by atoms with Gasteiger partial charge in [0.1, 0.15) is 0 Å². The number of aryl methyl sites for hydroxylation is 1. The average molecular weight is 211 g/mol. The number of ether oxygens (including phenoxy) is 2. The minimum atomic E-state index is -0.433. The van der Waals surface area contributed by atoms with E-state index in [9.17, 15) is 0 Å². The van der Waals surface area contributed by atoms with E-state index in [2.05, 4.69) is 10.4 Å². The fourth-order valence-electron chi connectivity index (χ4n) is 1.49. The Bertz CT molecular complexity index is 302. The number of methoxy groups -OCH3 is 2. The molecule has 5 nitrogen and oxygen atoms in total. The zero-order valence-electron chi connectivity index (χ0n) is 9.23. The minimum Gasteiger partial charge on any atom is -0.354 e. The molecule has 0 aliphatic rings. The summed E-state index contributed by atoms with van der Waals surface area (Å²) in [7, 11) is 3.15. The van der Waals surface area contributed by atoms with Crippen molar-refractivity contribution in [1.29, 1.82) is 0 Å². The first-order valence-corrected chi connectivity index (χ1v) is 4.66. The van der Waals surface area contributed by atoms with Crippen molar-refractivity contribution in [3.05, 3.63) is 29.6 Å². The quantitative estimate of drug-likeness (QED) is 0.422. The molecule has 0 aromatic carbocycles. The second kappa shape index (κ2) is 5.77. The molecule has 5 heteroatoms. The SMILES string of the molecule is COC(OC)C(NN)c1cnccc1C. The second-order valence-corrected chi connectivity index (χ2v) is 3.22. The molecule has 1 aromatic rings. The number of nitrogens with zero attached hydrogens (tertiary/aromatic N) is 1. The van der Waals surface area contributed by atoms with Gasteiger partial charge >= 0.3 is 0 Å². The molecule has 1 atom stereocenters. The lowest BCUT2D eigenvalue weighted by Gasteiger charge is -2.25. The van der Waals surface area contributed by atoms with Crippen LogP contribution in [0.3, 0.4) is 0 Å². The highest BCUT2D eigenvalue weighted by molar-refractivity contribution is 5.25. The zero-order chi connectivity index (χ0) is 11.3. The minimum absolute atomic E-state index is 0.228. The van der Waals surface area contributed by atoms with E-state index in [-0.39, 0.29) is 6.04 Å². The first kappa shape index (κ1) is 12.1. The molecule has 0 bridgehead atoms. The number of pyridine rings is 1. The van der Waals surface area contributed by atoms with Gasteiger partial charge in [-0.05, 0) is 24.1 Å². The van der Waals surface area contributed by atoms with E-state index in [1.807, 2.05) is 13.0 Å². The Labute approximate surface area is 89.6 Å². The van der Waals surface area contributed by atoms with Gasteiger partial charge in [-0.3, -0.25) is 10.8 Å². The largest absolute Gasteiger partial charge is 0.354 e. The van der Waals surface area contributed by atoms with E-state index in [4.69, 9.17) is 15.3 Å². The van der Waals surface area contributed by atoms with E-state index < -0.39 is 6.29 Å². The average Bonchev–Trinajstić information content (AvgIpc) is 2.27. The van der Waals surface area contributed by atoms with Crippen LogP contribution in [0.2, 0.25) is 0 Å². The number of nitrogens with two attached hydrogens (primary N) is 1. The van der Waals surface area contributed by atoms with Crippen LogP contribution >= 0.6 is 0 Å². The molecule has 15 heavy (non-hydrogen) atoms. The number of nitrogens with one attached hydrogen (secondary N) is 1. The van der Waals surface area contributed by atoms with Crippen molar-refractivity contribution in [1.82, 2.24) is 10.4 Å². The molecule has 1 unspecified atom stereocenters. The van der Waals surface area contributed by atoms with Crippen molar-refractivity contribution < 1.29 is 9.47 Å². The van der Waals surface area contributed by atoms with E-state index in [1.165, 1.54) is 0 Å². The summed E-state index contributed by atoms with van der Waals surface area (Å²) in [4.78, 5) is 4.06. The van der Waals surface area contributed by atoms with Gasteiger partial charge in [0.2, 0.25) is 0 Å². The van der Waals surface area contributed by atoms with E-state index in [1.54, 1.807) is 26.6 Å². The first-order chi connectivity index (χ1) is 7.24. The maximum absolute atomic E-state index is 5.49. The van der Waals surface area contributed by atoms with Crippen molar-refractivity contribution in [2.75, 3.05) is 14.2 Å². The maximum Gasteiger partial charge on any atom is 0.177 e. The lowest BCUT2D eigenvalue weighted by Crippen LogP contribution is -2.39. The first-order valence-electron chi connectivity index (χ1n) is 4.66. The van der Waals surface area contributed by atoms with Crippen LogP contribution in [0.25, 0.3) is 0 Å². The van der Waals surface area contributed by atoms with Crippen molar-refractivity contribution in [3.63, 3.8) is 0 Å². The topological polar surface area (TPSA) is 69.4 Å². The number of hydrogen-bond donors (Lipinski definition) is 2. The van der Waals surface area contributed by atoms with Gasteiger partial charge in [-0.15, -0.1) is 0 Å². The fraction of sp³-hybridized carbons (Fsp3) is 0.500. The predicted molar refractivity (Wildman–Crippen MR) is 56.8 cm³/mol. The van der Waals surface area contributed by atoms with Gasteiger partial charge in [0.05, 0.1) is 6.04 Å². The molecule has 84 valence electrons. The Hall–Kier alpha value is -1.01. The summed E-state index contributed by atoms with van der Waals surface area (Å²) in [5, 5.41) is 0. The summed E-state index contributed by atoms with van der Waals surface area (Å²) in [6.45, 7) is 1.99. The summed E-state index contributed by atoms with van der Waals surface area (Å²) in [5.74, 6) is 5.49. The fourth-order valence-corrected chi connectivity index (χ4v) is 1.49. The van der Waals surface area contributed by atoms with Crippen LogP contribution in [-0.4, -0.2) is 25.5 Å². The molecule has 0 saturated heterocycles. The summed E-state index contributed by atoms with van der Waals surface area (Å²) in [6.07, 6.45) is 3.06. The standard InChI is InChI=1S/C10H17N3O2/c1-7-4-5-12-6-8(7)9(13-11)10(14-2)15-3/h4-6,9-10,13H,11H2,1-3H3. The monoisotopic (exact) mass is 211 g/mol. The molecule has 1 aromatic heterocycles. The molecule has 0 radical (unpaired) electrons. The Balaban J connectivity index is 2.96. The van der Waals surface area contributed by atoms with Crippen LogP contribution in [0, 0.1) is 6.92 Å². The maximum atomic E-state index is 5.49. The van der Waals surface area contributed by atoms with Crippen LogP contribution in [0.15, 0.2) is 18.5 Å². The highest BCUT2D eigenvalue weighted by atomic mass is 16.7. The van der Waals surface area contributed by atoms with Gasteiger partial charge < -0.3 is 9.47 Å². The molecule has 0 fully saturated rings. The molecule has 0 aliphatic carbocycles. The third-order valence-electron chi connectivity index (χ3n) is 2.33. The number of hydrogen-bond acceptors (Lipinski definition) is 5. The summed E-state index contributed by atoms with van der Waals surface area (Å²) >= 11 is 0. The van der Waals surface area contributed by atoms with Crippen LogP contribution in [0.1, 0.15) is 17.2 Å². The Morgan fingerprint density at radius 1 is 1.40 bits per heavy atom. The zero-order valence-corrected chi connectivity index (χ0v) is 9.23. The van der Waals surface area contributed by atoms with Crippen molar-refractivity contribution in [3.8, 4) is 0 Å². The Morgan fingerprint density at radius 3 is 2.53 bits per heavy atom. The molecule has 1 heterocycles. The van der Waals surface area contributed by atoms with Gasteiger partial charge in [-0.2, -0.15) is 0 Å². The molecule has 1 rings (SSSR count). The Morgan fingerprint density at radius 2 is 2.07 bits per heavy atom. The van der Waals surface area contributed by atoms with Gasteiger partial charge in [-0.1, -0.05) is 0 Å². The predicted octanol–water partition coefficient (Wildman–Crippen LogP) is 0.513. The van der Waals surface area contributed by atoms with Crippen LogP contribution < -0.4 is 11.3 Å². The third-order valence-corrected chi connectivity index (χ3v) is 2.33. The van der Waals surface area contributed by atoms with Crippen molar-refractivity contribution in [2.45, 2.75) is 19.3 Å². The van der Waals surface area contributed by atoms with Gasteiger partial charge in [0, 0.05) is 26.6 Å². The number of aromatic nitrogens is 1. The second-order valence-electron chi connectivity index (χ2n) is 3.22. The molecular weight excluding hydrogens is 194 g/mol. The third kappa shape index (κ3) is 2.73. The van der Waals surface area contributed by atoms with Crippen molar-refractivity contribution >= 4 is 0 Å². The lowest BCUT2D eigenvalue weighted by atomic mass is 10.0. The van der Waals surface area contributed by atoms with Gasteiger partial charge in [0.15, 0.2) is 6.29 Å². The molecule has 0 amide bonds. The van der Waals surface area contributed by atoms with Gasteiger partial charge in [-0.25, -0.2) is 5.43 Å². The number of hydrazine groups is 1. The van der Waals surface area contributed by atoms with Crippen LogP contribution in [0.5, 0.6) is 0 Å². The highest BCUT2D eigenvalue weighted by Gasteiger charge is 2.22. The lowest BCUT2D eigenvalue weighted by molar-refractivity contribution is -0.124. The Kier molecular flexibility index (Phi) is 4.64. The highest BCUT2D eigenvalue weighted by Crippen LogP contribution is 2.20. The molecule has 3 N–H and O–H groups in total. The van der Waals surface area contributed by atoms with E-state index >= 15 is 0 Å². The van der Waals surface area contributed by atoms with Crippen LogP contribution in [0.4, 0.5) is 0 Å². The molecule has 0 aliphatic heterocycles. The van der Waals surface area contributed by atoms with Crippen molar-refractivity contribution in [2.24, 2.45) is 5.84 Å². The molecule has 0 spiro atoms. The molecular formula is C10H17N3O2. The number of rotatable bonds is 5. The smallest absolute Gasteiger partial charge is 0.177 e.